The number of nitrogens with zero attached hydrogens (tertiary/aromatic N) is 4. The third-order valence-corrected chi connectivity index (χ3v) is 2.38. The summed E-state index contributed by atoms with van der Waals surface area (Å²) in [6.45, 7) is 1.88. The summed E-state index contributed by atoms with van der Waals surface area (Å²) < 4.78 is 49.1. The number of ether oxygens (including phenoxy) is 2. The molecule has 0 fully saturated rings. The monoisotopic (exact) mass is 288 g/mol. The molecule has 0 radical (unpaired) electrons. The molecule has 0 aliphatic heterocycles. The lowest BCUT2D eigenvalue weighted by atomic mass is 10.4. The fraction of sp³-hybridized carbons (Fsp3) is 0.364. The van der Waals surface area contributed by atoms with Crippen molar-refractivity contribution in [2.45, 2.75) is 19.6 Å². The number of alkyl halides is 3. The average molecular weight is 288 g/mol. The Labute approximate surface area is 112 Å². The number of hydrogen-bond acceptors (Lipinski definition) is 5. The van der Waals surface area contributed by atoms with Crippen LogP contribution in [0.5, 0.6) is 17.5 Å². The van der Waals surface area contributed by atoms with Gasteiger partial charge in [-0.25, -0.2) is 4.68 Å². The second-order valence-corrected chi connectivity index (χ2v) is 3.72. The largest absolute Gasteiger partial charge is 0.495 e. The summed E-state index contributed by atoms with van der Waals surface area (Å²) in [5.41, 5.74) is -1.02. The van der Waals surface area contributed by atoms with E-state index in [2.05, 4.69) is 15.3 Å². The van der Waals surface area contributed by atoms with Crippen molar-refractivity contribution in [3.8, 4) is 17.5 Å². The Kier molecular flexibility index (Phi) is 3.77. The summed E-state index contributed by atoms with van der Waals surface area (Å²) in [5, 5.41) is 10.7. The molecular weight excluding hydrogens is 277 g/mol. The maximum absolute atomic E-state index is 12.6. The zero-order valence-electron chi connectivity index (χ0n) is 10.7. The van der Waals surface area contributed by atoms with Crippen molar-refractivity contribution in [1.29, 1.82) is 0 Å². The molecule has 0 atom stereocenters. The first-order valence-electron chi connectivity index (χ1n) is 5.63. The van der Waals surface area contributed by atoms with Gasteiger partial charge in [0, 0.05) is 18.7 Å². The van der Waals surface area contributed by atoms with Gasteiger partial charge < -0.3 is 9.47 Å². The van der Waals surface area contributed by atoms with Crippen molar-refractivity contribution in [2.75, 3.05) is 7.11 Å². The molecule has 6 nitrogen and oxygen atoms in total. The number of methoxy groups -OCH3 is 1. The molecule has 20 heavy (non-hydrogen) atoms. The smallest absolute Gasteiger partial charge is 0.435 e. The Hall–Kier alpha value is -2.32. The number of aromatic nitrogens is 4. The Morgan fingerprint density at radius 1 is 1.30 bits per heavy atom. The van der Waals surface area contributed by atoms with Crippen LogP contribution in [0.15, 0.2) is 18.3 Å². The van der Waals surface area contributed by atoms with Gasteiger partial charge in [-0.05, 0) is 6.92 Å². The van der Waals surface area contributed by atoms with Crippen molar-refractivity contribution in [2.24, 2.45) is 0 Å². The molecule has 0 amide bonds. The first-order chi connectivity index (χ1) is 9.44. The molecule has 2 aromatic rings. The predicted molar refractivity (Wildman–Crippen MR) is 61.6 cm³/mol. The van der Waals surface area contributed by atoms with Crippen LogP contribution in [-0.4, -0.2) is 27.1 Å². The second kappa shape index (κ2) is 5.35. The van der Waals surface area contributed by atoms with Gasteiger partial charge >= 0.3 is 6.18 Å². The maximum Gasteiger partial charge on any atom is 0.435 e. The standard InChI is InChI=1S/C11H11F3N4O2/c1-3-18-10(5-8(17-18)11(12,13)14)20-9-4-7(19-2)6-15-16-9/h4-6H,3H2,1-2H3. The van der Waals surface area contributed by atoms with Gasteiger partial charge in [-0.3, -0.25) is 0 Å². The highest BCUT2D eigenvalue weighted by molar-refractivity contribution is 5.27. The number of hydrogen-bond donors (Lipinski definition) is 0. The van der Waals surface area contributed by atoms with E-state index in [4.69, 9.17) is 9.47 Å². The minimum Gasteiger partial charge on any atom is -0.495 e. The average Bonchev–Trinajstić information content (AvgIpc) is 2.82. The van der Waals surface area contributed by atoms with Crippen LogP contribution in [0.2, 0.25) is 0 Å². The van der Waals surface area contributed by atoms with Gasteiger partial charge in [0.15, 0.2) is 5.69 Å². The van der Waals surface area contributed by atoms with Gasteiger partial charge in [0.1, 0.15) is 5.75 Å². The third kappa shape index (κ3) is 2.98. The lowest BCUT2D eigenvalue weighted by molar-refractivity contribution is -0.141. The predicted octanol–water partition coefficient (Wildman–Crippen LogP) is 2.51. The van der Waals surface area contributed by atoms with E-state index < -0.39 is 11.9 Å². The molecule has 9 heteroatoms. The molecular formula is C11H11F3N4O2. The zero-order chi connectivity index (χ0) is 14.8. The summed E-state index contributed by atoms with van der Waals surface area (Å²) in [6.07, 6.45) is -3.18. The van der Waals surface area contributed by atoms with Crippen LogP contribution < -0.4 is 9.47 Å². The van der Waals surface area contributed by atoms with Gasteiger partial charge in [-0.15, -0.1) is 5.10 Å². The van der Waals surface area contributed by atoms with E-state index in [1.807, 2.05) is 0 Å². The number of rotatable bonds is 4. The van der Waals surface area contributed by atoms with E-state index in [-0.39, 0.29) is 18.3 Å². The van der Waals surface area contributed by atoms with E-state index in [0.717, 1.165) is 10.7 Å². The molecule has 108 valence electrons. The van der Waals surface area contributed by atoms with Crippen LogP contribution in [0.25, 0.3) is 0 Å². The minimum absolute atomic E-state index is 0.0210. The molecule has 0 N–H and O–H groups in total. The van der Waals surface area contributed by atoms with Gasteiger partial charge in [-0.1, -0.05) is 0 Å². The topological polar surface area (TPSA) is 62.1 Å². The molecule has 0 unspecified atom stereocenters. The molecule has 0 bridgehead atoms. The van der Waals surface area contributed by atoms with Gasteiger partial charge in [0.2, 0.25) is 11.8 Å². The fourth-order valence-corrected chi connectivity index (χ4v) is 1.45. The van der Waals surface area contributed by atoms with Crippen molar-refractivity contribution >= 4 is 0 Å². The van der Waals surface area contributed by atoms with Crippen LogP contribution in [0, 0.1) is 0 Å². The van der Waals surface area contributed by atoms with Crippen molar-refractivity contribution in [3.05, 3.63) is 24.0 Å². The van der Waals surface area contributed by atoms with Crippen molar-refractivity contribution in [3.63, 3.8) is 0 Å². The number of aryl methyl sites for hydroxylation is 1. The zero-order valence-corrected chi connectivity index (χ0v) is 10.7. The minimum atomic E-state index is -4.53. The molecule has 2 aromatic heterocycles. The van der Waals surface area contributed by atoms with E-state index in [0.29, 0.717) is 5.75 Å². The highest BCUT2D eigenvalue weighted by atomic mass is 19.4. The summed E-state index contributed by atoms with van der Waals surface area (Å²) in [6, 6.07) is 2.22. The lowest BCUT2D eigenvalue weighted by Gasteiger charge is -2.06. The SMILES string of the molecule is CCn1nc(C(F)(F)F)cc1Oc1cc(OC)cnn1. The van der Waals surface area contributed by atoms with Gasteiger partial charge in [0.25, 0.3) is 0 Å². The fourth-order valence-electron chi connectivity index (χ4n) is 1.45. The summed E-state index contributed by atoms with van der Waals surface area (Å²) >= 11 is 0. The highest BCUT2D eigenvalue weighted by Gasteiger charge is 2.35. The Bertz CT molecular complexity index is 598. The molecule has 0 saturated carbocycles. The Morgan fingerprint density at radius 2 is 2.05 bits per heavy atom. The highest BCUT2D eigenvalue weighted by Crippen LogP contribution is 2.32. The molecule has 0 aromatic carbocycles. The Balaban J connectivity index is 2.30. The normalized spacial score (nSPS) is 11.4. The van der Waals surface area contributed by atoms with Crippen LogP contribution in [0.1, 0.15) is 12.6 Å². The summed E-state index contributed by atoms with van der Waals surface area (Å²) in [4.78, 5) is 0. The summed E-state index contributed by atoms with van der Waals surface area (Å²) in [7, 11) is 1.43. The lowest BCUT2D eigenvalue weighted by Crippen LogP contribution is -2.07. The van der Waals surface area contributed by atoms with Gasteiger partial charge in [0.05, 0.1) is 13.3 Å². The van der Waals surface area contributed by atoms with Crippen molar-refractivity contribution < 1.29 is 22.6 Å². The van der Waals surface area contributed by atoms with Crippen LogP contribution >= 0.6 is 0 Å². The maximum atomic E-state index is 12.6. The molecule has 0 spiro atoms. The summed E-state index contributed by atoms with van der Waals surface area (Å²) in [5.74, 6) is 0.337. The van der Waals surface area contributed by atoms with E-state index in [9.17, 15) is 13.2 Å². The van der Waals surface area contributed by atoms with E-state index in [1.54, 1.807) is 6.92 Å². The molecule has 0 aliphatic carbocycles. The second-order valence-electron chi connectivity index (χ2n) is 3.72. The quantitative estimate of drug-likeness (QED) is 0.865. The first kappa shape index (κ1) is 14.1. The van der Waals surface area contributed by atoms with Crippen LogP contribution in [0.4, 0.5) is 13.2 Å². The number of halogens is 3. The Morgan fingerprint density at radius 3 is 2.65 bits per heavy atom. The molecule has 0 saturated heterocycles. The van der Waals surface area contributed by atoms with E-state index in [1.165, 1.54) is 19.4 Å². The molecule has 2 heterocycles. The van der Waals surface area contributed by atoms with Crippen LogP contribution in [0.3, 0.4) is 0 Å². The van der Waals surface area contributed by atoms with Crippen LogP contribution in [-0.2, 0) is 12.7 Å². The first-order valence-corrected chi connectivity index (χ1v) is 5.63. The molecule has 0 aliphatic rings. The molecule has 2 rings (SSSR count). The van der Waals surface area contributed by atoms with E-state index >= 15 is 0 Å². The van der Waals surface area contributed by atoms with Gasteiger partial charge in [-0.2, -0.15) is 23.4 Å². The third-order valence-electron chi connectivity index (χ3n) is 2.38. The van der Waals surface area contributed by atoms with Crippen molar-refractivity contribution in [1.82, 2.24) is 20.0 Å².